The Morgan fingerprint density at radius 2 is 1.97 bits per heavy atom. The molecular weight excluding hydrogens is 415 g/mol. The zero-order valence-electron chi connectivity index (χ0n) is 15.8. The van der Waals surface area contributed by atoms with Crippen LogP contribution < -0.4 is 5.32 Å². The number of benzene rings is 2. The molecule has 3 rings (SSSR count). The first-order valence-electron chi connectivity index (χ1n) is 9.21. The number of ether oxygens (including phenoxy) is 1. The summed E-state index contributed by atoms with van der Waals surface area (Å²) in [5.74, 6) is -1.35. The van der Waals surface area contributed by atoms with Crippen LogP contribution in [0.3, 0.4) is 0 Å². The third-order valence-corrected chi connectivity index (χ3v) is 5.07. The van der Waals surface area contributed by atoms with E-state index in [0.717, 1.165) is 5.56 Å². The van der Waals surface area contributed by atoms with Crippen LogP contribution in [0.1, 0.15) is 29.3 Å². The van der Waals surface area contributed by atoms with Gasteiger partial charge in [-0.2, -0.15) is 0 Å². The molecule has 0 saturated heterocycles. The van der Waals surface area contributed by atoms with Crippen molar-refractivity contribution in [1.82, 2.24) is 4.90 Å². The number of hydrogen-bond donors (Lipinski definition) is 1. The Hall–Kier alpha value is -2.57. The van der Waals surface area contributed by atoms with E-state index in [0.29, 0.717) is 34.3 Å². The van der Waals surface area contributed by atoms with Crippen LogP contribution in [0.2, 0.25) is 10.0 Å². The number of carbonyl (C=O) groups excluding carboxylic acids is 3. The summed E-state index contributed by atoms with van der Waals surface area (Å²) in [4.78, 5) is 39.1. The lowest BCUT2D eigenvalue weighted by Crippen LogP contribution is -2.47. The summed E-state index contributed by atoms with van der Waals surface area (Å²) < 4.78 is 5.34. The molecule has 0 radical (unpaired) electrons. The first-order chi connectivity index (χ1) is 13.9. The Labute approximate surface area is 178 Å². The van der Waals surface area contributed by atoms with Crippen molar-refractivity contribution in [1.29, 1.82) is 0 Å². The molecule has 0 saturated carbocycles. The minimum Gasteiger partial charge on any atom is -0.448 e. The summed E-state index contributed by atoms with van der Waals surface area (Å²) in [6.45, 7) is 2.06. The summed E-state index contributed by atoms with van der Waals surface area (Å²) in [5.41, 5.74) is 1.59. The second-order valence-corrected chi connectivity index (χ2v) is 7.53. The lowest BCUT2D eigenvalue weighted by molar-refractivity contribution is -0.143. The molecule has 152 valence electrons. The number of carbonyl (C=O) groups is 3. The quantitative estimate of drug-likeness (QED) is 0.698. The Morgan fingerprint density at radius 1 is 1.21 bits per heavy atom. The van der Waals surface area contributed by atoms with Gasteiger partial charge in [-0.1, -0.05) is 48.3 Å². The van der Waals surface area contributed by atoms with E-state index in [-0.39, 0.29) is 13.0 Å². The summed E-state index contributed by atoms with van der Waals surface area (Å²) in [7, 11) is 0. The van der Waals surface area contributed by atoms with Gasteiger partial charge in [0.1, 0.15) is 0 Å². The van der Waals surface area contributed by atoms with E-state index in [2.05, 4.69) is 5.32 Å². The smallest absolute Gasteiger partial charge is 0.339 e. The molecule has 8 heteroatoms. The van der Waals surface area contributed by atoms with Crippen LogP contribution in [0, 0.1) is 0 Å². The zero-order chi connectivity index (χ0) is 21.0. The molecule has 0 fully saturated rings. The molecule has 2 amide bonds. The van der Waals surface area contributed by atoms with Crippen LogP contribution in [0.15, 0.2) is 42.5 Å². The van der Waals surface area contributed by atoms with Gasteiger partial charge in [0, 0.05) is 18.0 Å². The summed E-state index contributed by atoms with van der Waals surface area (Å²) >= 11 is 12.0. The molecule has 0 aliphatic carbocycles. The fourth-order valence-corrected chi connectivity index (χ4v) is 3.50. The molecule has 1 N–H and O–H groups in total. The van der Waals surface area contributed by atoms with Crippen LogP contribution in [0.4, 0.5) is 5.69 Å². The van der Waals surface area contributed by atoms with Crippen LogP contribution in [0.25, 0.3) is 0 Å². The van der Waals surface area contributed by atoms with Crippen molar-refractivity contribution in [3.63, 3.8) is 0 Å². The van der Waals surface area contributed by atoms with Crippen LogP contribution in [-0.2, 0) is 20.7 Å². The highest BCUT2D eigenvalue weighted by Crippen LogP contribution is 2.25. The summed E-state index contributed by atoms with van der Waals surface area (Å²) in [5, 5.41) is 3.44. The topological polar surface area (TPSA) is 75.7 Å². The monoisotopic (exact) mass is 434 g/mol. The normalized spacial score (nSPS) is 15.3. The third-order valence-electron chi connectivity index (χ3n) is 4.51. The van der Waals surface area contributed by atoms with E-state index in [9.17, 15) is 14.4 Å². The van der Waals surface area contributed by atoms with Crippen molar-refractivity contribution in [3.8, 4) is 0 Å². The van der Waals surface area contributed by atoms with Crippen LogP contribution in [-0.4, -0.2) is 41.9 Å². The molecule has 29 heavy (non-hydrogen) atoms. The average molecular weight is 435 g/mol. The van der Waals surface area contributed by atoms with Gasteiger partial charge in [-0.25, -0.2) is 4.79 Å². The minimum absolute atomic E-state index is 0.189. The average Bonchev–Trinajstić information content (AvgIpc) is 2.70. The van der Waals surface area contributed by atoms with Crippen molar-refractivity contribution >= 4 is 46.7 Å². The third kappa shape index (κ3) is 5.08. The standard InChI is InChI=1S/C21H20Cl2N2O4/c1-2-9-25(12-19(26)24-17-11-14(22)7-8-16(17)23)20(27)18-10-13-5-3-4-6-15(13)21(28)29-18/h3-8,11,18H,2,9-10,12H2,1H3,(H,24,26). The number of hydrogen-bond acceptors (Lipinski definition) is 4. The van der Waals surface area contributed by atoms with Gasteiger partial charge in [-0.15, -0.1) is 0 Å². The number of anilines is 1. The SMILES string of the molecule is CCCN(CC(=O)Nc1cc(Cl)ccc1Cl)C(=O)C1Cc2ccccc2C(=O)O1. The van der Waals surface area contributed by atoms with Gasteiger partial charge in [0.05, 0.1) is 22.8 Å². The number of fused-ring (bicyclic) bond motifs is 1. The minimum atomic E-state index is -0.952. The molecular formula is C21H20Cl2N2O4. The first-order valence-corrected chi connectivity index (χ1v) is 9.97. The summed E-state index contributed by atoms with van der Waals surface area (Å²) in [6, 6.07) is 11.8. The number of nitrogens with zero attached hydrogens (tertiary/aromatic N) is 1. The molecule has 1 unspecified atom stereocenters. The molecule has 2 aromatic rings. The van der Waals surface area contributed by atoms with Gasteiger partial charge in [0.15, 0.2) is 6.10 Å². The second kappa shape index (κ2) is 9.29. The maximum absolute atomic E-state index is 13.0. The van der Waals surface area contributed by atoms with Crippen molar-refractivity contribution in [3.05, 3.63) is 63.6 Å². The van der Waals surface area contributed by atoms with E-state index >= 15 is 0 Å². The molecule has 0 spiro atoms. The Morgan fingerprint density at radius 3 is 2.72 bits per heavy atom. The van der Waals surface area contributed by atoms with E-state index in [1.54, 1.807) is 30.3 Å². The van der Waals surface area contributed by atoms with Crippen molar-refractivity contribution in [2.75, 3.05) is 18.4 Å². The van der Waals surface area contributed by atoms with Crippen molar-refractivity contribution in [2.45, 2.75) is 25.9 Å². The largest absolute Gasteiger partial charge is 0.448 e. The van der Waals surface area contributed by atoms with Gasteiger partial charge < -0.3 is 15.0 Å². The first kappa shape index (κ1) is 21.1. The van der Waals surface area contributed by atoms with Gasteiger partial charge in [-0.05, 0) is 36.2 Å². The molecule has 1 heterocycles. The maximum atomic E-state index is 13.0. The molecule has 0 bridgehead atoms. The number of cyclic esters (lactones) is 1. The number of nitrogens with one attached hydrogen (secondary N) is 1. The molecule has 6 nitrogen and oxygen atoms in total. The Balaban J connectivity index is 1.70. The molecule has 2 aromatic carbocycles. The lowest BCUT2D eigenvalue weighted by atomic mass is 9.98. The highest BCUT2D eigenvalue weighted by Gasteiger charge is 2.34. The zero-order valence-corrected chi connectivity index (χ0v) is 17.3. The molecule has 1 atom stereocenters. The maximum Gasteiger partial charge on any atom is 0.339 e. The number of rotatable bonds is 6. The van der Waals surface area contributed by atoms with Gasteiger partial charge in [0.2, 0.25) is 5.91 Å². The highest BCUT2D eigenvalue weighted by molar-refractivity contribution is 6.35. The highest BCUT2D eigenvalue weighted by atomic mass is 35.5. The molecule has 1 aliphatic rings. The molecule has 0 aromatic heterocycles. The van der Waals surface area contributed by atoms with E-state index in [1.807, 2.05) is 13.0 Å². The number of amides is 2. The van der Waals surface area contributed by atoms with Crippen molar-refractivity contribution in [2.24, 2.45) is 0 Å². The van der Waals surface area contributed by atoms with Gasteiger partial charge in [0.25, 0.3) is 5.91 Å². The Kier molecular flexibility index (Phi) is 6.77. The van der Waals surface area contributed by atoms with E-state index in [4.69, 9.17) is 27.9 Å². The van der Waals surface area contributed by atoms with Crippen molar-refractivity contribution < 1.29 is 19.1 Å². The fraction of sp³-hybridized carbons (Fsp3) is 0.286. The predicted octanol–water partition coefficient (Wildman–Crippen LogP) is 3.95. The number of esters is 1. The van der Waals surface area contributed by atoms with Gasteiger partial charge >= 0.3 is 5.97 Å². The van der Waals surface area contributed by atoms with Gasteiger partial charge in [-0.3, -0.25) is 9.59 Å². The van der Waals surface area contributed by atoms with Crippen LogP contribution in [0.5, 0.6) is 0 Å². The molecule has 1 aliphatic heterocycles. The fourth-order valence-electron chi connectivity index (χ4n) is 3.17. The van der Waals surface area contributed by atoms with E-state index in [1.165, 1.54) is 11.0 Å². The lowest BCUT2D eigenvalue weighted by Gasteiger charge is -2.29. The summed E-state index contributed by atoms with van der Waals surface area (Å²) in [6.07, 6.45) is -0.0248. The predicted molar refractivity (Wildman–Crippen MR) is 111 cm³/mol. The Bertz CT molecular complexity index is 948. The van der Waals surface area contributed by atoms with E-state index < -0.39 is 23.9 Å². The number of halogens is 2. The van der Waals surface area contributed by atoms with Crippen LogP contribution >= 0.6 is 23.2 Å². The second-order valence-electron chi connectivity index (χ2n) is 6.69.